The first-order valence-corrected chi connectivity index (χ1v) is 8.04. The quantitative estimate of drug-likeness (QED) is 0.802. The SMILES string of the molecule is O=C(Nc1cccc(F)c1F)C(=O)N1CCN(c2ccccc2O)CC1. The molecule has 1 aliphatic heterocycles. The molecule has 2 N–H and O–H groups in total. The molecule has 0 spiro atoms. The molecule has 0 aromatic heterocycles. The van der Waals surface area contributed by atoms with Gasteiger partial charge in [0.15, 0.2) is 11.6 Å². The Balaban J connectivity index is 1.60. The van der Waals surface area contributed by atoms with Gasteiger partial charge in [-0.1, -0.05) is 18.2 Å². The van der Waals surface area contributed by atoms with Crippen molar-refractivity contribution in [2.75, 3.05) is 36.4 Å². The van der Waals surface area contributed by atoms with Gasteiger partial charge in [0.2, 0.25) is 0 Å². The van der Waals surface area contributed by atoms with Gasteiger partial charge in [0.1, 0.15) is 5.75 Å². The molecule has 0 bridgehead atoms. The predicted octanol–water partition coefficient (Wildman–Crippen LogP) is 1.96. The first-order valence-electron chi connectivity index (χ1n) is 8.04. The summed E-state index contributed by atoms with van der Waals surface area (Å²) < 4.78 is 26.8. The lowest BCUT2D eigenvalue weighted by Crippen LogP contribution is -2.51. The van der Waals surface area contributed by atoms with E-state index in [2.05, 4.69) is 5.32 Å². The summed E-state index contributed by atoms with van der Waals surface area (Å²) >= 11 is 0. The average molecular weight is 361 g/mol. The highest BCUT2D eigenvalue weighted by Gasteiger charge is 2.27. The maximum atomic E-state index is 13.6. The number of aromatic hydroxyl groups is 1. The second-order valence-electron chi connectivity index (χ2n) is 5.82. The fourth-order valence-corrected chi connectivity index (χ4v) is 2.80. The molecule has 1 heterocycles. The minimum atomic E-state index is -1.21. The van der Waals surface area contributed by atoms with E-state index in [1.165, 1.54) is 17.0 Å². The number of carbonyl (C=O) groups is 2. The lowest BCUT2D eigenvalue weighted by molar-refractivity contribution is -0.143. The standard InChI is InChI=1S/C18H17F2N3O3/c19-12-4-3-5-13(16(12)20)21-17(25)18(26)23-10-8-22(9-11-23)14-6-1-2-7-15(14)24/h1-7,24H,8-11H2,(H,21,25). The van der Waals surface area contributed by atoms with E-state index in [4.69, 9.17) is 0 Å². The third kappa shape index (κ3) is 3.58. The van der Waals surface area contributed by atoms with Crippen molar-refractivity contribution >= 4 is 23.2 Å². The van der Waals surface area contributed by atoms with Gasteiger partial charge in [-0.2, -0.15) is 0 Å². The number of halogens is 2. The van der Waals surface area contributed by atoms with Crippen LogP contribution in [-0.4, -0.2) is 48.0 Å². The number of hydrogen-bond donors (Lipinski definition) is 2. The highest BCUT2D eigenvalue weighted by atomic mass is 19.2. The Morgan fingerprint density at radius 3 is 2.35 bits per heavy atom. The first-order chi connectivity index (χ1) is 12.5. The minimum Gasteiger partial charge on any atom is -0.506 e. The van der Waals surface area contributed by atoms with Gasteiger partial charge < -0.3 is 20.2 Å². The number of anilines is 2. The maximum Gasteiger partial charge on any atom is 0.313 e. The molecule has 2 aromatic rings. The Morgan fingerprint density at radius 2 is 1.65 bits per heavy atom. The van der Waals surface area contributed by atoms with Crippen LogP contribution in [0.25, 0.3) is 0 Å². The van der Waals surface area contributed by atoms with Gasteiger partial charge in [0.05, 0.1) is 11.4 Å². The molecular weight excluding hydrogens is 344 g/mol. The topological polar surface area (TPSA) is 72.9 Å². The smallest absolute Gasteiger partial charge is 0.313 e. The normalized spacial score (nSPS) is 14.2. The van der Waals surface area contributed by atoms with Crippen LogP contribution >= 0.6 is 0 Å². The van der Waals surface area contributed by atoms with Gasteiger partial charge in [0, 0.05) is 26.2 Å². The third-order valence-electron chi connectivity index (χ3n) is 4.18. The molecule has 8 heteroatoms. The van der Waals surface area contributed by atoms with Crippen molar-refractivity contribution in [3.8, 4) is 5.75 Å². The number of phenolic OH excluding ortho intramolecular Hbond substituents is 1. The molecule has 26 heavy (non-hydrogen) atoms. The van der Waals surface area contributed by atoms with Crippen LogP contribution in [-0.2, 0) is 9.59 Å². The van der Waals surface area contributed by atoms with Crippen LogP contribution < -0.4 is 10.2 Å². The summed E-state index contributed by atoms with van der Waals surface area (Å²) in [7, 11) is 0. The van der Waals surface area contributed by atoms with Crippen LogP contribution in [0, 0.1) is 11.6 Å². The molecule has 1 fully saturated rings. The van der Waals surface area contributed by atoms with Crippen LogP contribution in [0.5, 0.6) is 5.75 Å². The van der Waals surface area contributed by atoms with Crippen LogP contribution in [0.3, 0.4) is 0 Å². The van der Waals surface area contributed by atoms with E-state index < -0.39 is 23.4 Å². The third-order valence-corrected chi connectivity index (χ3v) is 4.18. The van der Waals surface area contributed by atoms with Gasteiger partial charge in [-0.05, 0) is 24.3 Å². The van der Waals surface area contributed by atoms with E-state index >= 15 is 0 Å². The Morgan fingerprint density at radius 1 is 0.962 bits per heavy atom. The van der Waals surface area contributed by atoms with Gasteiger partial charge in [0.25, 0.3) is 0 Å². The fraction of sp³-hybridized carbons (Fsp3) is 0.222. The molecule has 136 valence electrons. The maximum absolute atomic E-state index is 13.6. The highest BCUT2D eigenvalue weighted by molar-refractivity contribution is 6.39. The van der Waals surface area contributed by atoms with Crippen molar-refractivity contribution in [2.45, 2.75) is 0 Å². The summed E-state index contributed by atoms with van der Waals surface area (Å²) in [5.74, 6) is -4.01. The molecule has 0 saturated carbocycles. The van der Waals surface area contributed by atoms with E-state index in [-0.39, 0.29) is 24.5 Å². The van der Waals surface area contributed by atoms with Crippen LogP contribution in [0.2, 0.25) is 0 Å². The molecule has 6 nitrogen and oxygen atoms in total. The number of carbonyl (C=O) groups excluding carboxylic acids is 2. The van der Waals surface area contributed by atoms with Gasteiger partial charge in [-0.25, -0.2) is 8.78 Å². The lowest BCUT2D eigenvalue weighted by atomic mass is 10.2. The van der Waals surface area contributed by atoms with Crippen LogP contribution in [0.1, 0.15) is 0 Å². The van der Waals surface area contributed by atoms with Crippen molar-refractivity contribution in [1.29, 1.82) is 0 Å². The van der Waals surface area contributed by atoms with Gasteiger partial charge in [-0.15, -0.1) is 0 Å². The van der Waals surface area contributed by atoms with Crippen LogP contribution in [0.15, 0.2) is 42.5 Å². The van der Waals surface area contributed by atoms with E-state index in [1.807, 2.05) is 4.90 Å². The molecule has 0 atom stereocenters. The Labute approximate surface area is 148 Å². The number of piperazine rings is 1. The molecule has 2 aromatic carbocycles. The zero-order chi connectivity index (χ0) is 18.7. The molecule has 1 saturated heterocycles. The number of amides is 2. The molecule has 0 radical (unpaired) electrons. The highest BCUT2D eigenvalue weighted by Crippen LogP contribution is 2.27. The van der Waals surface area contributed by atoms with Crippen molar-refractivity contribution in [3.63, 3.8) is 0 Å². The minimum absolute atomic E-state index is 0.145. The van der Waals surface area contributed by atoms with Crippen molar-refractivity contribution in [1.82, 2.24) is 4.90 Å². The Bertz CT molecular complexity index is 836. The fourth-order valence-electron chi connectivity index (χ4n) is 2.80. The molecule has 3 rings (SSSR count). The zero-order valence-electron chi connectivity index (χ0n) is 13.8. The van der Waals surface area contributed by atoms with Crippen LogP contribution in [0.4, 0.5) is 20.2 Å². The predicted molar refractivity (Wildman–Crippen MR) is 91.9 cm³/mol. The molecule has 2 amide bonds. The summed E-state index contributed by atoms with van der Waals surface area (Å²) in [5, 5.41) is 12.0. The van der Waals surface area contributed by atoms with Gasteiger partial charge in [-0.3, -0.25) is 9.59 Å². The second-order valence-corrected chi connectivity index (χ2v) is 5.82. The molecule has 0 unspecified atom stereocenters. The number of para-hydroxylation sites is 2. The Kier molecular flexibility index (Phi) is 5.01. The number of benzene rings is 2. The molecular formula is C18H17F2N3O3. The first kappa shape index (κ1) is 17.7. The summed E-state index contributed by atoms with van der Waals surface area (Å²) in [4.78, 5) is 27.5. The number of nitrogens with zero attached hydrogens (tertiary/aromatic N) is 2. The molecule has 0 aliphatic carbocycles. The summed E-state index contributed by atoms with van der Waals surface area (Å²) in [6.45, 7) is 1.41. The summed E-state index contributed by atoms with van der Waals surface area (Å²) in [5.41, 5.74) is 0.280. The zero-order valence-corrected chi connectivity index (χ0v) is 13.8. The van der Waals surface area contributed by atoms with Crippen molar-refractivity contribution in [2.24, 2.45) is 0 Å². The van der Waals surface area contributed by atoms with E-state index in [9.17, 15) is 23.5 Å². The average Bonchev–Trinajstić information content (AvgIpc) is 2.65. The number of hydrogen-bond acceptors (Lipinski definition) is 4. The number of nitrogens with one attached hydrogen (secondary N) is 1. The van der Waals surface area contributed by atoms with Crippen molar-refractivity contribution in [3.05, 3.63) is 54.1 Å². The van der Waals surface area contributed by atoms with E-state index in [1.54, 1.807) is 24.3 Å². The second kappa shape index (κ2) is 7.38. The number of rotatable bonds is 2. The number of phenols is 1. The summed E-state index contributed by atoms with van der Waals surface area (Å²) in [6, 6.07) is 10.2. The molecule has 1 aliphatic rings. The lowest BCUT2D eigenvalue weighted by Gasteiger charge is -2.35. The monoisotopic (exact) mass is 361 g/mol. The van der Waals surface area contributed by atoms with E-state index in [0.717, 1.165) is 6.07 Å². The largest absolute Gasteiger partial charge is 0.506 e. The van der Waals surface area contributed by atoms with Gasteiger partial charge >= 0.3 is 11.8 Å². The Hall–Kier alpha value is -3.16. The van der Waals surface area contributed by atoms with Crippen molar-refractivity contribution < 1.29 is 23.5 Å². The summed E-state index contributed by atoms with van der Waals surface area (Å²) in [6.07, 6.45) is 0. The van der Waals surface area contributed by atoms with E-state index in [0.29, 0.717) is 18.8 Å².